The summed E-state index contributed by atoms with van der Waals surface area (Å²) in [4.78, 5) is 17.7. The number of hydrogen-bond acceptors (Lipinski definition) is 4. The molecule has 1 N–H and O–H groups in total. The number of amides is 1. The summed E-state index contributed by atoms with van der Waals surface area (Å²) in [5.74, 6) is -0.468. The Morgan fingerprint density at radius 3 is 2.74 bits per heavy atom. The maximum Gasteiger partial charge on any atom is 0.416 e. The van der Waals surface area contributed by atoms with Crippen LogP contribution in [0, 0.1) is 0 Å². The average Bonchev–Trinajstić information content (AvgIpc) is 3.15. The van der Waals surface area contributed by atoms with E-state index >= 15 is 0 Å². The molecule has 1 aliphatic heterocycles. The molecule has 1 saturated heterocycles. The van der Waals surface area contributed by atoms with Crippen molar-refractivity contribution in [3.63, 3.8) is 0 Å². The third-order valence-corrected chi connectivity index (χ3v) is 4.40. The molecule has 1 amide bonds. The molecule has 4 nitrogen and oxygen atoms in total. The number of β-amino-alcohol motifs (C(OH)–C–C–N with tert-alkyl or cyclic N) is 1. The van der Waals surface area contributed by atoms with Gasteiger partial charge in [0.05, 0.1) is 23.2 Å². The Labute approximate surface area is 134 Å². The third-order valence-electron chi connectivity index (χ3n) is 3.82. The number of carbonyl (C=O) groups is 1. The van der Waals surface area contributed by atoms with Gasteiger partial charge in [0.2, 0.25) is 0 Å². The van der Waals surface area contributed by atoms with Gasteiger partial charge in [-0.1, -0.05) is 18.2 Å². The van der Waals surface area contributed by atoms with Gasteiger partial charge < -0.3 is 10.0 Å². The van der Waals surface area contributed by atoms with Crippen molar-refractivity contribution >= 4 is 17.2 Å². The SMILES string of the molecule is O=C(c1cscn1)N1C[C@@H](O)C[C@@H]1c1ccccc1C(F)(F)F. The van der Waals surface area contributed by atoms with Gasteiger partial charge in [-0.2, -0.15) is 13.2 Å². The Hall–Kier alpha value is -1.93. The molecule has 1 aliphatic rings. The standard InChI is InChI=1S/C15H13F3N2O2S/c16-15(17,18)11-4-2-1-3-10(11)13-5-9(21)6-20(13)14(22)12-7-23-8-19-12/h1-4,7-9,13,21H,5-6H2/t9-,13+/m0/s1. The lowest BCUT2D eigenvalue weighted by atomic mass is 9.97. The molecule has 23 heavy (non-hydrogen) atoms. The maximum absolute atomic E-state index is 13.2. The van der Waals surface area contributed by atoms with E-state index in [1.807, 2.05) is 0 Å². The fourth-order valence-corrected chi connectivity index (χ4v) is 3.37. The number of halogens is 3. The van der Waals surface area contributed by atoms with E-state index < -0.39 is 29.8 Å². The number of aliphatic hydroxyl groups excluding tert-OH is 1. The molecular weight excluding hydrogens is 329 g/mol. The van der Waals surface area contributed by atoms with Gasteiger partial charge in [0.15, 0.2) is 0 Å². The van der Waals surface area contributed by atoms with E-state index in [0.29, 0.717) is 0 Å². The number of nitrogens with zero attached hydrogens (tertiary/aromatic N) is 2. The largest absolute Gasteiger partial charge is 0.416 e. The van der Waals surface area contributed by atoms with E-state index in [1.54, 1.807) is 5.38 Å². The second-order valence-electron chi connectivity index (χ2n) is 5.32. The highest BCUT2D eigenvalue weighted by molar-refractivity contribution is 7.07. The van der Waals surface area contributed by atoms with E-state index in [0.717, 1.165) is 6.07 Å². The average molecular weight is 342 g/mol. The van der Waals surface area contributed by atoms with Crippen LogP contribution in [0.3, 0.4) is 0 Å². The number of rotatable bonds is 2. The minimum Gasteiger partial charge on any atom is -0.391 e. The highest BCUT2D eigenvalue weighted by Crippen LogP contribution is 2.40. The molecule has 2 atom stereocenters. The fraction of sp³-hybridized carbons (Fsp3) is 0.333. The summed E-state index contributed by atoms with van der Waals surface area (Å²) in [6.45, 7) is -0.00673. The van der Waals surface area contributed by atoms with Gasteiger partial charge in [-0.25, -0.2) is 4.98 Å². The van der Waals surface area contributed by atoms with E-state index in [2.05, 4.69) is 4.98 Å². The molecule has 1 aromatic carbocycles. The predicted octanol–water partition coefficient (Wildman–Crippen LogP) is 3.11. The van der Waals surface area contributed by atoms with Crippen LogP contribution < -0.4 is 0 Å². The first-order valence-corrected chi connectivity index (χ1v) is 7.85. The summed E-state index contributed by atoms with van der Waals surface area (Å²) in [5, 5.41) is 11.4. The van der Waals surface area contributed by atoms with Gasteiger partial charge in [0.25, 0.3) is 5.91 Å². The lowest BCUT2D eigenvalue weighted by Crippen LogP contribution is -2.32. The van der Waals surface area contributed by atoms with Crippen LogP contribution in [0.4, 0.5) is 13.2 Å². The van der Waals surface area contributed by atoms with Gasteiger partial charge in [0.1, 0.15) is 5.69 Å². The van der Waals surface area contributed by atoms with Crippen LogP contribution in [0.5, 0.6) is 0 Å². The molecule has 0 saturated carbocycles. The molecule has 8 heteroatoms. The predicted molar refractivity (Wildman–Crippen MR) is 78.0 cm³/mol. The minimum absolute atomic E-state index is 0.000120. The van der Waals surface area contributed by atoms with Crippen LogP contribution in [0.2, 0.25) is 0 Å². The third kappa shape index (κ3) is 3.09. The Kier molecular flexibility index (Phi) is 4.11. The van der Waals surface area contributed by atoms with Crippen LogP contribution >= 0.6 is 11.3 Å². The molecule has 0 aliphatic carbocycles. The Balaban J connectivity index is 2.00. The zero-order chi connectivity index (χ0) is 16.6. The number of carbonyl (C=O) groups excluding carboxylic acids is 1. The van der Waals surface area contributed by atoms with E-state index in [1.165, 1.54) is 39.9 Å². The van der Waals surface area contributed by atoms with Crippen molar-refractivity contribution in [2.75, 3.05) is 6.54 Å². The van der Waals surface area contributed by atoms with Crippen molar-refractivity contribution in [3.8, 4) is 0 Å². The molecule has 1 fully saturated rings. The zero-order valence-electron chi connectivity index (χ0n) is 11.8. The summed E-state index contributed by atoms with van der Waals surface area (Å²) in [5.41, 5.74) is 0.882. The number of benzene rings is 1. The second-order valence-corrected chi connectivity index (χ2v) is 6.04. The molecule has 2 aromatic rings. The van der Waals surface area contributed by atoms with Crippen molar-refractivity contribution in [2.24, 2.45) is 0 Å². The fourth-order valence-electron chi connectivity index (χ4n) is 2.84. The molecule has 0 spiro atoms. The van der Waals surface area contributed by atoms with E-state index in [-0.39, 0.29) is 24.2 Å². The summed E-state index contributed by atoms with van der Waals surface area (Å²) >= 11 is 1.23. The highest BCUT2D eigenvalue weighted by atomic mass is 32.1. The lowest BCUT2D eigenvalue weighted by molar-refractivity contribution is -0.138. The molecule has 0 bridgehead atoms. The molecule has 0 radical (unpaired) electrons. The van der Waals surface area contributed by atoms with E-state index in [4.69, 9.17) is 0 Å². The van der Waals surface area contributed by atoms with Crippen molar-refractivity contribution in [1.82, 2.24) is 9.88 Å². The normalized spacial score (nSPS) is 21.7. The van der Waals surface area contributed by atoms with Gasteiger partial charge in [-0.05, 0) is 18.1 Å². The van der Waals surface area contributed by atoms with Crippen LogP contribution in [0.25, 0.3) is 0 Å². The lowest BCUT2D eigenvalue weighted by Gasteiger charge is -2.26. The topological polar surface area (TPSA) is 53.4 Å². The van der Waals surface area contributed by atoms with Crippen LogP contribution in [0.1, 0.15) is 34.1 Å². The van der Waals surface area contributed by atoms with Crippen molar-refractivity contribution in [3.05, 3.63) is 52.0 Å². The van der Waals surface area contributed by atoms with Crippen LogP contribution in [-0.4, -0.2) is 33.5 Å². The smallest absolute Gasteiger partial charge is 0.391 e. The molecular formula is C15H13F3N2O2S. The number of alkyl halides is 3. The van der Waals surface area contributed by atoms with Crippen molar-refractivity contribution in [2.45, 2.75) is 24.7 Å². The first-order chi connectivity index (χ1) is 10.9. The maximum atomic E-state index is 13.2. The quantitative estimate of drug-likeness (QED) is 0.912. The van der Waals surface area contributed by atoms with Crippen LogP contribution in [0.15, 0.2) is 35.2 Å². The summed E-state index contributed by atoms with van der Waals surface area (Å²) < 4.78 is 39.7. The summed E-state index contributed by atoms with van der Waals surface area (Å²) in [6, 6.07) is 4.33. The number of likely N-dealkylation sites (tertiary alicyclic amines) is 1. The Bertz CT molecular complexity index is 703. The van der Waals surface area contributed by atoms with Crippen molar-refractivity contribution < 1.29 is 23.1 Å². The molecule has 1 aromatic heterocycles. The summed E-state index contributed by atoms with van der Waals surface area (Å²) in [7, 11) is 0. The minimum atomic E-state index is -4.51. The van der Waals surface area contributed by atoms with E-state index in [9.17, 15) is 23.1 Å². The van der Waals surface area contributed by atoms with Gasteiger partial charge in [0, 0.05) is 11.9 Å². The van der Waals surface area contributed by atoms with Gasteiger partial charge in [-0.3, -0.25) is 4.79 Å². The molecule has 2 heterocycles. The number of hydrogen-bond donors (Lipinski definition) is 1. The molecule has 0 unspecified atom stereocenters. The first-order valence-electron chi connectivity index (χ1n) is 6.91. The van der Waals surface area contributed by atoms with Crippen molar-refractivity contribution in [1.29, 1.82) is 0 Å². The number of aromatic nitrogens is 1. The molecule has 122 valence electrons. The number of thiazole rings is 1. The monoisotopic (exact) mass is 342 g/mol. The summed E-state index contributed by atoms with van der Waals surface area (Å²) in [6.07, 6.45) is -5.30. The first kappa shape index (κ1) is 15.9. The zero-order valence-corrected chi connectivity index (χ0v) is 12.6. The second kappa shape index (κ2) is 5.93. The van der Waals surface area contributed by atoms with Gasteiger partial charge in [-0.15, -0.1) is 11.3 Å². The van der Waals surface area contributed by atoms with Gasteiger partial charge >= 0.3 is 6.18 Å². The highest BCUT2D eigenvalue weighted by Gasteiger charge is 2.41. The number of aliphatic hydroxyl groups is 1. The Morgan fingerprint density at radius 2 is 2.09 bits per heavy atom. The Morgan fingerprint density at radius 1 is 1.35 bits per heavy atom. The van der Waals surface area contributed by atoms with Crippen LogP contribution in [-0.2, 0) is 6.18 Å². The molecule has 3 rings (SSSR count).